The number of rotatable bonds is 1. The number of nitriles is 1. The van der Waals surface area contributed by atoms with E-state index in [4.69, 9.17) is 6.57 Å². The van der Waals surface area contributed by atoms with Crippen LogP contribution >= 0.6 is 11.3 Å². The Labute approximate surface area is 149 Å². The van der Waals surface area contributed by atoms with E-state index in [-0.39, 0.29) is 0 Å². The van der Waals surface area contributed by atoms with Crippen molar-refractivity contribution < 1.29 is 4.57 Å². The van der Waals surface area contributed by atoms with E-state index in [1.54, 1.807) is 23.7 Å². The molecule has 25 heavy (non-hydrogen) atoms. The molecule has 0 saturated heterocycles. The summed E-state index contributed by atoms with van der Waals surface area (Å²) in [4.78, 5) is 9.10. The molecule has 4 rings (SSSR count). The van der Waals surface area contributed by atoms with Crippen molar-refractivity contribution in [2.75, 3.05) is 0 Å². The van der Waals surface area contributed by atoms with Gasteiger partial charge in [0.05, 0.1) is 29.4 Å². The Kier molecular flexibility index (Phi) is 3.46. The summed E-state index contributed by atoms with van der Waals surface area (Å²) < 4.78 is 3.19. The van der Waals surface area contributed by atoms with Crippen LogP contribution in [0.15, 0.2) is 42.7 Å². The lowest BCUT2D eigenvalue weighted by Crippen LogP contribution is -2.31. The molecule has 0 aliphatic carbocycles. The van der Waals surface area contributed by atoms with E-state index in [9.17, 15) is 5.26 Å². The summed E-state index contributed by atoms with van der Waals surface area (Å²) in [6.07, 6.45) is 1.74. The third kappa shape index (κ3) is 2.26. The molecule has 0 aliphatic rings. The van der Waals surface area contributed by atoms with Crippen molar-refractivity contribution >= 4 is 38.0 Å². The highest BCUT2D eigenvalue weighted by atomic mass is 32.1. The molecule has 4 nitrogen and oxygen atoms in total. The second-order valence-electron chi connectivity index (χ2n) is 5.87. The number of hydrogen-bond acceptors (Lipinski definition) is 3. The lowest BCUT2D eigenvalue weighted by Gasteiger charge is -2.06. The van der Waals surface area contributed by atoms with E-state index in [0.29, 0.717) is 16.8 Å². The molecule has 0 aliphatic heterocycles. The fourth-order valence-corrected chi connectivity index (χ4v) is 4.47. The molecule has 4 aromatic rings. The van der Waals surface area contributed by atoms with Crippen molar-refractivity contribution in [1.29, 1.82) is 5.26 Å². The van der Waals surface area contributed by atoms with Gasteiger partial charge in [-0.2, -0.15) is 5.26 Å². The number of aryl methyl sites for hydroxylation is 2. The summed E-state index contributed by atoms with van der Waals surface area (Å²) in [6.45, 7) is 9.46. The van der Waals surface area contributed by atoms with Crippen LogP contribution in [0.25, 0.3) is 36.4 Å². The smallest absolute Gasteiger partial charge is 0.238 e. The summed E-state index contributed by atoms with van der Waals surface area (Å²) in [7, 11) is 1.95. The van der Waals surface area contributed by atoms with Gasteiger partial charge in [0.2, 0.25) is 5.52 Å². The maximum absolute atomic E-state index is 9.46. The van der Waals surface area contributed by atoms with Crippen LogP contribution in [-0.2, 0) is 7.05 Å². The Morgan fingerprint density at radius 1 is 1.24 bits per heavy atom. The zero-order chi connectivity index (χ0) is 17.6. The third-order valence-electron chi connectivity index (χ3n) is 4.37. The van der Waals surface area contributed by atoms with Crippen molar-refractivity contribution in [2.24, 2.45) is 7.05 Å². The molecular formula is C20H13N4S+. The average Bonchev–Trinajstić information content (AvgIpc) is 2.97. The van der Waals surface area contributed by atoms with E-state index in [1.165, 1.54) is 15.6 Å². The van der Waals surface area contributed by atoms with Gasteiger partial charge >= 0.3 is 0 Å². The minimum Gasteiger partial charge on any atom is -0.238 e. The summed E-state index contributed by atoms with van der Waals surface area (Å²) in [5, 5.41) is 11.5. The molecule has 0 N–H and O–H groups in total. The second kappa shape index (κ2) is 5.66. The maximum Gasteiger partial charge on any atom is 0.287 e. The first-order valence-electron chi connectivity index (χ1n) is 7.72. The first-order chi connectivity index (χ1) is 12.1. The second-order valence-corrected chi connectivity index (χ2v) is 6.92. The largest absolute Gasteiger partial charge is 0.287 e. The lowest BCUT2D eigenvalue weighted by atomic mass is 10.0. The molecule has 0 atom stereocenters. The normalized spacial score (nSPS) is 10.7. The van der Waals surface area contributed by atoms with Gasteiger partial charge in [-0.3, -0.25) is 0 Å². The zero-order valence-corrected chi connectivity index (χ0v) is 14.6. The predicted octanol–water partition coefficient (Wildman–Crippen LogP) is 4.67. The van der Waals surface area contributed by atoms with E-state index in [2.05, 4.69) is 35.0 Å². The summed E-state index contributed by atoms with van der Waals surface area (Å²) in [5.41, 5.74) is 3.72. The molecule has 0 saturated carbocycles. The minimum atomic E-state index is 0.434. The van der Waals surface area contributed by atoms with Gasteiger partial charge in [-0.1, -0.05) is 18.2 Å². The fraction of sp³-hybridized carbons (Fsp3) is 0.100. The van der Waals surface area contributed by atoms with Crippen LogP contribution in [0.5, 0.6) is 0 Å². The van der Waals surface area contributed by atoms with Crippen molar-refractivity contribution in [2.45, 2.75) is 6.92 Å². The minimum absolute atomic E-state index is 0.434. The highest BCUT2D eigenvalue weighted by molar-refractivity contribution is 7.22. The molecule has 5 heteroatoms. The van der Waals surface area contributed by atoms with Gasteiger partial charge in [-0.25, -0.2) is 9.41 Å². The Morgan fingerprint density at radius 2 is 2.04 bits per heavy atom. The van der Waals surface area contributed by atoms with Crippen LogP contribution in [0.4, 0.5) is 5.69 Å². The Morgan fingerprint density at radius 3 is 2.76 bits per heavy atom. The van der Waals surface area contributed by atoms with Crippen molar-refractivity contribution in [3.63, 3.8) is 0 Å². The molecule has 0 fully saturated rings. The number of hydrogen-bond donors (Lipinski definition) is 0. The highest BCUT2D eigenvalue weighted by Gasteiger charge is 2.22. The van der Waals surface area contributed by atoms with Gasteiger partial charge in [0.25, 0.3) is 6.33 Å². The number of thiophene rings is 1. The van der Waals surface area contributed by atoms with Crippen LogP contribution < -0.4 is 4.57 Å². The molecule has 0 bridgehead atoms. The van der Waals surface area contributed by atoms with Gasteiger partial charge in [-0.15, -0.1) is 11.3 Å². The standard InChI is InChI=1S/C20H13N4S/c1-12-15-6-4-5-7-17(15)25-20(12)19-16-9-14(22-2)8-13(10-21)18(16)23-11-24(19)3/h4-9,11H,1,3H3/q+1. The van der Waals surface area contributed by atoms with Crippen LogP contribution in [0.2, 0.25) is 0 Å². The van der Waals surface area contributed by atoms with E-state index >= 15 is 0 Å². The molecule has 118 valence electrons. The Hall–Kier alpha value is -3.28. The lowest BCUT2D eigenvalue weighted by molar-refractivity contribution is -0.662. The van der Waals surface area contributed by atoms with Crippen LogP contribution in [0, 0.1) is 24.8 Å². The monoisotopic (exact) mass is 341 g/mol. The van der Waals surface area contributed by atoms with E-state index in [0.717, 1.165) is 16.0 Å². The fourth-order valence-electron chi connectivity index (χ4n) is 3.16. The van der Waals surface area contributed by atoms with Crippen molar-refractivity contribution in [3.8, 4) is 16.6 Å². The van der Waals surface area contributed by atoms with Gasteiger partial charge in [0, 0.05) is 4.70 Å². The van der Waals surface area contributed by atoms with Gasteiger partial charge < -0.3 is 0 Å². The van der Waals surface area contributed by atoms with Gasteiger partial charge in [0.15, 0.2) is 11.4 Å². The van der Waals surface area contributed by atoms with Crippen molar-refractivity contribution in [3.05, 3.63) is 65.3 Å². The van der Waals surface area contributed by atoms with Crippen LogP contribution in [0.1, 0.15) is 11.1 Å². The number of nitrogens with zero attached hydrogens (tertiary/aromatic N) is 4. The Bertz CT molecular complexity index is 1240. The molecule has 0 unspecified atom stereocenters. The molecule has 2 heterocycles. The molecule has 2 aromatic carbocycles. The average molecular weight is 341 g/mol. The van der Waals surface area contributed by atoms with E-state index < -0.39 is 0 Å². The maximum atomic E-state index is 9.46. The number of benzene rings is 2. The van der Waals surface area contributed by atoms with Gasteiger partial charge in [0.1, 0.15) is 6.07 Å². The topological polar surface area (TPSA) is 44.9 Å². The first-order valence-corrected chi connectivity index (χ1v) is 8.54. The van der Waals surface area contributed by atoms with Crippen molar-refractivity contribution in [1.82, 2.24) is 4.98 Å². The quantitative estimate of drug-likeness (QED) is 0.373. The van der Waals surface area contributed by atoms with E-state index in [1.807, 2.05) is 29.8 Å². The number of fused-ring (bicyclic) bond motifs is 2. The predicted molar refractivity (Wildman–Crippen MR) is 99.5 cm³/mol. The molecule has 2 aromatic heterocycles. The molecule has 0 spiro atoms. The van der Waals surface area contributed by atoms with Gasteiger partial charge in [-0.05, 0) is 41.1 Å². The third-order valence-corrected chi connectivity index (χ3v) is 5.65. The summed E-state index contributed by atoms with van der Waals surface area (Å²) >= 11 is 1.72. The highest BCUT2D eigenvalue weighted by Crippen LogP contribution is 2.40. The molecule has 0 radical (unpaired) electrons. The Balaban J connectivity index is 2.17. The number of aromatic nitrogens is 2. The van der Waals surface area contributed by atoms with Crippen LogP contribution in [0.3, 0.4) is 0 Å². The summed E-state index contributed by atoms with van der Waals surface area (Å²) in [5.74, 6) is 0. The SMILES string of the molecule is [C-]#[N+]c1cc(C#N)c2nc[n+](C)c(-c3sc4ccccc4c3C)c2c1. The first kappa shape index (κ1) is 15.3. The summed E-state index contributed by atoms with van der Waals surface area (Å²) in [6, 6.07) is 13.9. The van der Waals surface area contributed by atoms with Crippen LogP contribution in [-0.4, -0.2) is 4.98 Å². The molecular weight excluding hydrogens is 328 g/mol. The molecule has 0 amide bonds. The zero-order valence-electron chi connectivity index (χ0n) is 13.7.